The summed E-state index contributed by atoms with van der Waals surface area (Å²) in [4.78, 5) is 2.39. The molecular weight excluding hydrogens is 258 g/mol. The molecule has 0 amide bonds. The molecular formula is C16H24F2N2. The molecule has 20 heavy (non-hydrogen) atoms. The fraction of sp³-hybridized carbons (Fsp3) is 0.625. The fourth-order valence-electron chi connectivity index (χ4n) is 2.76. The third kappa shape index (κ3) is 3.18. The SMILES string of the molecule is CCC1CN(Cc2ccc(F)c(F)c2)C(C)(CC)CN1. The summed E-state index contributed by atoms with van der Waals surface area (Å²) >= 11 is 0. The van der Waals surface area contributed by atoms with Gasteiger partial charge in [-0.2, -0.15) is 0 Å². The Bertz CT molecular complexity index is 464. The third-order valence-corrected chi connectivity index (χ3v) is 4.59. The number of nitrogens with zero attached hydrogens (tertiary/aromatic N) is 1. The molecule has 1 fully saturated rings. The maximum atomic E-state index is 13.3. The van der Waals surface area contributed by atoms with E-state index < -0.39 is 11.6 Å². The largest absolute Gasteiger partial charge is 0.311 e. The highest BCUT2D eigenvalue weighted by molar-refractivity contribution is 5.18. The Morgan fingerprint density at radius 2 is 2.05 bits per heavy atom. The third-order valence-electron chi connectivity index (χ3n) is 4.59. The van der Waals surface area contributed by atoms with Gasteiger partial charge in [0, 0.05) is 31.2 Å². The zero-order valence-corrected chi connectivity index (χ0v) is 12.5. The van der Waals surface area contributed by atoms with Crippen molar-refractivity contribution in [1.82, 2.24) is 10.2 Å². The molecule has 0 aliphatic carbocycles. The Morgan fingerprint density at radius 3 is 2.65 bits per heavy atom. The molecule has 1 aliphatic heterocycles. The summed E-state index contributed by atoms with van der Waals surface area (Å²) < 4.78 is 26.4. The second-order valence-corrected chi connectivity index (χ2v) is 5.97. The van der Waals surface area contributed by atoms with Crippen molar-refractivity contribution < 1.29 is 8.78 Å². The smallest absolute Gasteiger partial charge is 0.159 e. The molecule has 1 saturated heterocycles. The zero-order chi connectivity index (χ0) is 14.8. The highest BCUT2D eigenvalue weighted by Crippen LogP contribution is 2.26. The Labute approximate surface area is 120 Å². The average molecular weight is 282 g/mol. The van der Waals surface area contributed by atoms with E-state index in [1.165, 1.54) is 12.1 Å². The zero-order valence-electron chi connectivity index (χ0n) is 12.5. The van der Waals surface area contributed by atoms with Gasteiger partial charge in [-0.05, 0) is 37.5 Å². The van der Waals surface area contributed by atoms with Crippen LogP contribution in [0.15, 0.2) is 18.2 Å². The summed E-state index contributed by atoms with van der Waals surface area (Å²) in [7, 11) is 0. The lowest BCUT2D eigenvalue weighted by Gasteiger charge is -2.48. The average Bonchev–Trinajstić information content (AvgIpc) is 2.45. The summed E-state index contributed by atoms with van der Waals surface area (Å²) in [5, 5.41) is 3.57. The minimum atomic E-state index is -0.779. The van der Waals surface area contributed by atoms with Crippen LogP contribution in [0.25, 0.3) is 0 Å². The normalized spacial score (nSPS) is 27.8. The summed E-state index contributed by atoms with van der Waals surface area (Å²) in [6.07, 6.45) is 2.11. The summed E-state index contributed by atoms with van der Waals surface area (Å²) in [5.41, 5.74) is 0.900. The van der Waals surface area contributed by atoms with Crippen LogP contribution in [0.1, 0.15) is 39.2 Å². The van der Waals surface area contributed by atoms with Crippen molar-refractivity contribution in [2.45, 2.75) is 51.7 Å². The monoisotopic (exact) mass is 282 g/mol. The molecule has 2 unspecified atom stereocenters. The van der Waals surface area contributed by atoms with Gasteiger partial charge in [0.25, 0.3) is 0 Å². The molecule has 0 bridgehead atoms. The Balaban J connectivity index is 2.16. The van der Waals surface area contributed by atoms with Crippen molar-refractivity contribution in [2.24, 2.45) is 0 Å². The molecule has 112 valence electrons. The van der Waals surface area contributed by atoms with Crippen molar-refractivity contribution in [3.05, 3.63) is 35.4 Å². The van der Waals surface area contributed by atoms with E-state index in [1.54, 1.807) is 6.07 Å². The first-order valence-corrected chi connectivity index (χ1v) is 7.41. The van der Waals surface area contributed by atoms with Gasteiger partial charge in [0.05, 0.1) is 0 Å². The Morgan fingerprint density at radius 1 is 1.30 bits per heavy atom. The molecule has 1 aliphatic rings. The van der Waals surface area contributed by atoms with Crippen molar-refractivity contribution in [1.29, 1.82) is 0 Å². The van der Waals surface area contributed by atoms with E-state index in [1.807, 2.05) is 0 Å². The standard InChI is InChI=1S/C16H24F2N2/c1-4-13-10-20(16(3,5-2)11-19-13)9-12-6-7-14(17)15(18)8-12/h6-8,13,19H,4-5,9-11H2,1-3H3. The van der Waals surface area contributed by atoms with Gasteiger partial charge in [0.1, 0.15) is 0 Å². The molecule has 0 saturated carbocycles. The van der Waals surface area contributed by atoms with E-state index >= 15 is 0 Å². The topological polar surface area (TPSA) is 15.3 Å². The van der Waals surface area contributed by atoms with Crippen molar-refractivity contribution in [3.8, 4) is 0 Å². The maximum Gasteiger partial charge on any atom is 0.159 e. The highest BCUT2D eigenvalue weighted by atomic mass is 19.2. The van der Waals surface area contributed by atoms with E-state index in [0.29, 0.717) is 12.6 Å². The van der Waals surface area contributed by atoms with Gasteiger partial charge in [0.15, 0.2) is 11.6 Å². The van der Waals surface area contributed by atoms with Gasteiger partial charge < -0.3 is 5.32 Å². The number of nitrogens with one attached hydrogen (secondary N) is 1. The van der Waals surface area contributed by atoms with E-state index in [2.05, 4.69) is 31.0 Å². The molecule has 1 heterocycles. The van der Waals surface area contributed by atoms with Crippen LogP contribution in [0.5, 0.6) is 0 Å². The number of halogens is 2. The molecule has 0 spiro atoms. The van der Waals surface area contributed by atoms with Crippen LogP contribution >= 0.6 is 0 Å². The molecule has 0 aromatic heterocycles. The molecule has 1 aromatic rings. The minimum absolute atomic E-state index is 0.0660. The molecule has 2 nitrogen and oxygen atoms in total. The molecule has 4 heteroatoms. The lowest BCUT2D eigenvalue weighted by Crippen LogP contribution is -2.62. The van der Waals surface area contributed by atoms with Crippen molar-refractivity contribution >= 4 is 0 Å². The lowest BCUT2D eigenvalue weighted by atomic mass is 9.91. The van der Waals surface area contributed by atoms with E-state index in [0.717, 1.165) is 31.5 Å². The van der Waals surface area contributed by atoms with Gasteiger partial charge in [-0.15, -0.1) is 0 Å². The number of hydrogen-bond acceptors (Lipinski definition) is 2. The van der Waals surface area contributed by atoms with Crippen LogP contribution in [0.3, 0.4) is 0 Å². The number of rotatable bonds is 4. The van der Waals surface area contributed by atoms with Gasteiger partial charge >= 0.3 is 0 Å². The van der Waals surface area contributed by atoms with Crippen LogP contribution < -0.4 is 5.32 Å². The van der Waals surface area contributed by atoms with Crippen LogP contribution in [-0.2, 0) is 6.54 Å². The Kier molecular flexibility index (Phi) is 4.76. The predicted octanol–water partition coefficient (Wildman–Crippen LogP) is 3.32. The second-order valence-electron chi connectivity index (χ2n) is 5.97. The van der Waals surface area contributed by atoms with Gasteiger partial charge in [0.2, 0.25) is 0 Å². The number of piperazine rings is 1. The molecule has 1 aromatic carbocycles. The Hall–Kier alpha value is -1.00. The van der Waals surface area contributed by atoms with Gasteiger partial charge in [-0.25, -0.2) is 8.78 Å². The summed E-state index contributed by atoms with van der Waals surface area (Å²) in [5.74, 6) is -1.54. The second kappa shape index (κ2) is 6.19. The first kappa shape index (κ1) is 15.4. The first-order chi connectivity index (χ1) is 9.48. The first-order valence-electron chi connectivity index (χ1n) is 7.41. The molecule has 2 rings (SSSR count). The van der Waals surface area contributed by atoms with Crippen LogP contribution in [-0.4, -0.2) is 29.6 Å². The lowest BCUT2D eigenvalue weighted by molar-refractivity contribution is 0.0407. The van der Waals surface area contributed by atoms with Crippen LogP contribution in [0, 0.1) is 11.6 Å². The molecule has 0 radical (unpaired) electrons. The van der Waals surface area contributed by atoms with Crippen molar-refractivity contribution in [2.75, 3.05) is 13.1 Å². The highest BCUT2D eigenvalue weighted by Gasteiger charge is 2.35. The fourth-order valence-corrected chi connectivity index (χ4v) is 2.76. The van der Waals surface area contributed by atoms with E-state index in [9.17, 15) is 8.78 Å². The van der Waals surface area contributed by atoms with Crippen LogP contribution in [0.2, 0.25) is 0 Å². The van der Waals surface area contributed by atoms with E-state index in [4.69, 9.17) is 0 Å². The maximum absolute atomic E-state index is 13.3. The van der Waals surface area contributed by atoms with Gasteiger partial charge in [-0.1, -0.05) is 19.9 Å². The van der Waals surface area contributed by atoms with Crippen molar-refractivity contribution in [3.63, 3.8) is 0 Å². The summed E-state index contributed by atoms with van der Waals surface area (Å²) in [6.45, 7) is 9.12. The van der Waals surface area contributed by atoms with Crippen LogP contribution in [0.4, 0.5) is 8.78 Å². The minimum Gasteiger partial charge on any atom is -0.311 e. The summed E-state index contributed by atoms with van der Waals surface area (Å²) in [6, 6.07) is 4.68. The van der Waals surface area contributed by atoms with Gasteiger partial charge in [-0.3, -0.25) is 4.90 Å². The number of hydrogen-bond donors (Lipinski definition) is 1. The van der Waals surface area contributed by atoms with E-state index in [-0.39, 0.29) is 5.54 Å². The predicted molar refractivity (Wildman–Crippen MR) is 77.5 cm³/mol. The number of benzene rings is 1. The molecule has 1 N–H and O–H groups in total. The quantitative estimate of drug-likeness (QED) is 0.911. The molecule has 2 atom stereocenters.